The molecule has 12 heteroatoms. The molecule has 0 bridgehead atoms. The van der Waals surface area contributed by atoms with Crippen LogP contribution in [0.3, 0.4) is 0 Å². The molecule has 3 atom stereocenters. The number of hydrogen-bond donors (Lipinski definition) is 1. The molecule has 1 saturated heterocycles. The standard InChI is InChI=1S/C20H23F3N4O4S/c1-32(29,30)25-18-5-6-27(24-18)19(28)26-10-14-8-17(9-15(14)11-26)31-12-13-3-2-4-16(7-13)20(21,22)23/h2-7,14-15,17H,8-12H2,1H3,(H,24,25)/t14-,15+,17+. The Morgan fingerprint density at radius 1 is 1.22 bits per heavy atom. The summed E-state index contributed by atoms with van der Waals surface area (Å²) in [5, 5.41) is 3.97. The highest BCUT2D eigenvalue weighted by Crippen LogP contribution is 2.40. The Kier molecular flexibility index (Phi) is 5.93. The van der Waals surface area contributed by atoms with Crippen LogP contribution in [0.25, 0.3) is 0 Å². The van der Waals surface area contributed by atoms with E-state index in [1.54, 1.807) is 11.0 Å². The fourth-order valence-corrected chi connectivity index (χ4v) is 4.90. The summed E-state index contributed by atoms with van der Waals surface area (Å²) in [7, 11) is -3.48. The number of rotatable bonds is 5. The lowest BCUT2D eigenvalue weighted by Gasteiger charge is -2.19. The molecular weight excluding hydrogens is 449 g/mol. The average molecular weight is 472 g/mol. The van der Waals surface area contributed by atoms with E-state index in [4.69, 9.17) is 4.74 Å². The van der Waals surface area contributed by atoms with Gasteiger partial charge in [-0.1, -0.05) is 12.1 Å². The normalized spacial score (nSPS) is 23.4. The molecule has 1 amide bonds. The highest BCUT2D eigenvalue weighted by molar-refractivity contribution is 7.92. The number of ether oxygens (including phenoxy) is 1. The van der Waals surface area contributed by atoms with Gasteiger partial charge in [-0.25, -0.2) is 13.2 Å². The van der Waals surface area contributed by atoms with Gasteiger partial charge in [-0.3, -0.25) is 4.72 Å². The zero-order chi connectivity index (χ0) is 23.1. The third kappa shape index (κ3) is 5.23. The number of benzene rings is 1. The molecule has 2 heterocycles. The van der Waals surface area contributed by atoms with Crippen molar-refractivity contribution in [1.82, 2.24) is 14.7 Å². The van der Waals surface area contributed by atoms with E-state index >= 15 is 0 Å². The first-order chi connectivity index (χ1) is 15.0. The molecule has 4 rings (SSSR count). The predicted molar refractivity (Wildman–Crippen MR) is 109 cm³/mol. The van der Waals surface area contributed by atoms with E-state index in [1.807, 2.05) is 0 Å². The fraction of sp³-hybridized carbons (Fsp3) is 0.500. The van der Waals surface area contributed by atoms with E-state index in [1.165, 1.54) is 18.3 Å². The lowest BCUT2D eigenvalue weighted by molar-refractivity contribution is -0.137. The van der Waals surface area contributed by atoms with Gasteiger partial charge in [-0.15, -0.1) is 5.10 Å². The van der Waals surface area contributed by atoms with Crippen molar-refractivity contribution >= 4 is 21.9 Å². The van der Waals surface area contributed by atoms with Crippen LogP contribution in [0.15, 0.2) is 36.5 Å². The van der Waals surface area contributed by atoms with Crippen LogP contribution in [0.5, 0.6) is 0 Å². The van der Waals surface area contributed by atoms with Crippen LogP contribution < -0.4 is 4.72 Å². The zero-order valence-electron chi connectivity index (χ0n) is 17.2. The number of nitrogens with zero attached hydrogens (tertiary/aromatic N) is 3. The number of carbonyl (C=O) groups excluding carboxylic acids is 1. The summed E-state index contributed by atoms with van der Waals surface area (Å²) in [6, 6.07) is 6.21. The van der Waals surface area contributed by atoms with E-state index < -0.39 is 21.8 Å². The van der Waals surface area contributed by atoms with Crippen molar-refractivity contribution in [1.29, 1.82) is 0 Å². The van der Waals surface area contributed by atoms with Crippen molar-refractivity contribution in [2.24, 2.45) is 11.8 Å². The van der Waals surface area contributed by atoms with Crippen LogP contribution >= 0.6 is 0 Å². The molecular formula is C20H23F3N4O4S. The van der Waals surface area contributed by atoms with Gasteiger partial charge in [0.25, 0.3) is 0 Å². The first kappa shape index (κ1) is 22.6. The Morgan fingerprint density at radius 3 is 2.53 bits per heavy atom. The largest absolute Gasteiger partial charge is 0.416 e. The number of aromatic nitrogens is 2. The Bertz CT molecular complexity index is 1090. The van der Waals surface area contributed by atoms with E-state index in [0.29, 0.717) is 18.7 Å². The summed E-state index contributed by atoms with van der Waals surface area (Å²) < 4.78 is 70.3. The molecule has 1 aromatic carbocycles. The molecule has 1 aliphatic carbocycles. The molecule has 1 saturated carbocycles. The van der Waals surface area contributed by atoms with Crippen LogP contribution in [-0.2, 0) is 27.5 Å². The summed E-state index contributed by atoms with van der Waals surface area (Å²) >= 11 is 0. The second-order valence-corrected chi connectivity index (χ2v) is 10.1. The van der Waals surface area contributed by atoms with Crippen molar-refractivity contribution in [3.63, 3.8) is 0 Å². The summed E-state index contributed by atoms with van der Waals surface area (Å²) in [5.74, 6) is 0.563. The second kappa shape index (κ2) is 8.39. The quantitative estimate of drug-likeness (QED) is 0.722. The summed E-state index contributed by atoms with van der Waals surface area (Å²) in [6.45, 7) is 1.17. The molecule has 2 fully saturated rings. The van der Waals surface area contributed by atoms with Crippen molar-refractivity contribution in [2.75, 3.05) is 24.1 Å². The van der Waals surface area contributed by atoms with Gasteiger partial charge in [-0.2, -0.15) is 17.9 Å². The van der Waals surface area contributed by atoms with Crippen LogP contribution in [0.4, 0.5) is 23.8 Å². The van der Waals surface area contributed by atoms with Gasteiger partial charge in [0.05, 0.1) is 24.5 Å². The van der Waals surface area contributed by atoms with Gasteiger partial charge in [0.2, 0.25) is 10.0 Å². The maximum atomic E-state index is 12.9. The molecule has 2 aliphatic rings. The molecule has 0 spiro atoms. The number of alkyl halides is 3. The molecule has 174 valence electrons. The van der Waals surface area contributed by atoms with Gasteiger partial charge in [0.1, 0.15) is 0 Å². The van der Waals surface area contributed by atoms with Crippen molar-refractivity contribution in [2.45, 2.75) is 31.7 Å². The SMILES string of the molecule is CS(=O)(=O)Nc1ccn(C(=O)N2C[C@H]3C[C@H](OCc4cccc(C(F)(F)F)c4)C[C@H]3C2)n1. The highest BCUT2D eigenvalue weighted by atomic mass is 32.2. The van der Waals surface area contributed by atoms with Gasteiger partial charge in [-0.05, 0) is 42.4 Å². The minimum absolute atomic E-state index is 0.0629. The minimum atomic E-state index is -4.38. The maximum Gasteiger partial charge on any atom is 0.416 e. The smallest absolute Gasteiger partial charge is 0.374 e. The number of hydrogen-bond acceptors (Lipinski definition) is 5. The van der Waals surface area contributed by atoms with Crippen molar-refractivity contribution in [3.05, 3.63) is 47.7 Å². The lowest BCUT2D eigenvalue weighted by atomic mass is 10.0. The van der Waals surface area contributed by atoms with E-state index in [-0.39, 0.29) is 36.4 Å². The average Bonchev–Trinajstić information content (AvgIpc) is 3.39. The maximum absolute atomic E-state index is 12.9. The molecule has 1 aliphatic heterocycles. The van der Waals surface area contributed by atoms with Gasteiger partial charge in [0.15, 0.2) is 5.82 Å². The number of fused-ring (bicyclic) bond motifs is 1. The Hall–Kier alpha value is -2.60. The zero-order valence-corrected chi connectivity index (χ0v) is 18.1. The monoisotopic (exact) mass is 472 g/mol. The Balaban J connectivity index is 1.29. The number of halogens is 3. The molecule has 1 aromatic heterocycles. The third-order valence-corrected chi connectivity index (χ3v) is 6.37. The lowest BCUT2D eigenvalue weighted by Crippen LogP contribution is -2.34. The minimum Gasteiger partial charge on any atom is -0.374 e. The molecule has 2 aromatic rings. The number of likely N-dealkylation sites (tertiary alicyclic amines) is 1. The van der Waals surface area contributed by atoms with Crippen LogP contribution in [0.1, 0.15) is 24.0 Å². The first-order valence-corrected chi connectivity index (χ1v) is 12.0. The summed E-state index contributed by atoms with van der Waals surface area (Å²) in [4.78, 5) is 14.4. The van der Waals surface area contributed by atoms with Crippen molar-refractivity contribution in [3.8, 4) is 0 Å². The number of anilines is 1. The molecule has 8 nitrogen and oxygen atoms in total. The van der Waals surface area contributed by atoms with Crippen molar-refractivity contribution < 1.29 is 31.1 Å². The fourth-order valence-electron chi connectivity index (χ4n) is 4.41. The highest BCUT2D eigenvalue weighted by Gasteiger charge is 2.43. The predicted octanol–water partition coefficient (Wildman–Crippen LogP) is 3.17. The number of amides is 1. The Morgan fingerprint density at radius 2 is 1.91 bits per heavy atom. The van der Waals surface area contributed by atoms with Crippen LogP contribution in [0, 0.1) is 11.8 Å². The third-order valence-electron chi connectivity index (χ3n) is 5.79. The number of nitrogens with one attached hydrogen (secondary N) is 1. The number of carbonyl (C=O) groups is 1. The summed E-state index contributed by atoms with van der Waals surface area (Å²) in [6.07, 6.45) is -0.577. The molecule has 0 unspecified atom stereocenters. The molecule has 32 heavy (non-hydrogen) atoms. The number of sulfonamides is 1. The Labute approximate surface area is 183 Å². The van der Waals surface area contributed by atoms with Gasteiger partial charge < -0.3 is 9.64 Å². The topological polar surface area (TPSA) is 93.5 Å². The molecule has 1 N–H and O–H groups in total. The van der Waals surface area contributed by atoms with Crippen LogP contribution in [-0.4, -0.2) is 54.6 Å². The van der Waals surface area contributed by atoms with Gasteiger partial charge in [0, 0.05) is 25.4 Å². The first-order valence-electron chi connectivity index (χ1n) is 10.1. The van der Waals surface area contributed by atoms with E-state index in [2.05, 4.69) is 9.82 Å². The summed E-state index contributed by atoms with van der Waals surface area (Å²) in [5.41, 5.74) is -0.213. The van der Waals surface area contributed by atoms with E-state index in [9.17, 15) is 26.4 Å². The van der Waals surface area contributed by atoms with Gasteiger partial charge >= 0.3 is 12.2 Å². The second-order valence-electron chi connectivity index (χ2n) is 8.33. The molecule has 0 radical (unpaired) electrons. The van der Waals surface area contributed by atoms with E-state index in [0.717, 1.165) is 35.9 Å². The van der Waals surface area contributed by atoms with Crippen LogP contribution in [0.2, 0.25) is 0 Å².